The van der Waals surface area contributed by atoms with Crippen molar-refractivity contribution in [3.63, 3.8) is 0 Å². The van der Waals surface area contributed by atoms with Gasteiger partial charge in [0, 0.05) is 61.4 Å². The molecule has 6 nitrogen and oxygen atoms in total. The second kappa shape index (κ2) is 9.22. The van der Waals surface area contributed by atoms with Gasteiger partial charge in [-0.3, -0.25) is 0 Å². The van der Waals surface area contributed by atoms with Crippen molar-refractivity contribution in [2.24, 2.45) is 4.99 Å². The Hall–Kier alpha value is -2.01. The molecular weight excluding hydrogens is 512 g/mol. The van der Waals surface area contributed by atoms with Crippen molar-refractivity contribution >= 4 is 57.0 Å². The fourth-order valence-electron chi connectivity index (χ4n) is 4.33. The number of nitrogens with zero attached hydrogens (tertiary/aromatic N) is 3. The molecule has 0 amide bonds. The molecule has 0 aromatic heterocycles. The molecule has 2 fully saturated rings. The third-order valence-corrected chi connectivity index (χ3v) is 8.31. The Morgan fingerprint density at radius 2 is 1.59 bits per heavy atom. The molecule has 3 aliphatic heterocycles. The first kappa shape index (κ1) is 23.7. The highest BCUT2D eigenvalue weighted by Crippen LogP contribution is 2.47. The number of rotatable bonds is 3. The third kappa shape index (κ3) is 4.48. The maximum atomic E-state index is 13.2. The van der Waals surface area contributed by atoms with Gasteiger partial charge >= 0.3 is 12.1 Å². The van der Waals surface area contributed by atoms with Gasteiger partial charge < -0.3 is 19.3 Å². The summed E-state index contributed by atoms with van der Waals surface area (Å²) < 4.78 is 45.2. The fourth-order valence-corrected chi connectivity index (χ4v) is 6.73. The molecule has 34 heavy (non-hydrogen) atoms. The molecule has 0 radical (unpaired) electrons. The van der Waals surface area contributed by atoms with E-state index in [9.17, 15) is 18.0 Å². The van der Waals surface area contributed by atoms with Crippen molar-refractivity contribution in [3.05, 3.63) is 44.2 Å². The Balaban J connectivity index is 1.73. The van der Waals surface area contributed by atoms with E-state index in [2.05, 4.69) is 20.1 Å². The Bertz CT molecular complexity index is 1280. The van der Waals surface area contributed by atoms with Gasteiger partial charge in [0.15, 0.2) is 0 Å². The van der Waals surface area contributed by atoms with E-state index in [0.29, 0.717) is 22.5 Å². The summed E-state index contributed by atoms with van der Waals surface area (Å²) in [5, 5.41) is 4.06. The van der Waals surface area contributed by atoms with Crippen LogP contribution >= 0.6 is 34.0 Å². The molecule has 0 saturated carbocycles. The van der Waals surface area contributed by atoms with Crippen LogP contribution in [0.4, 0.5) is 30.2 Å². The van der Waals surface area contributed by atoms with Crippen molar-refractivity contribution in [1.29, 1.82) is 0 Å². The molecule has 2 saturated heterocycles. The smallest absolute Gasteiger partial charge is 0.388 e. The van der Waals surface area contributed by atoms with Crippen molar-refractivity contribution in [2.75, 3.05) is 49.1 Å². The first-order chi connectivity index (χ1) is 16.2. The summed E-state index contributed by atoms with van der Waals surface area (Å²) in [6.45, 7) is 4.60. The number of nitrogens with one attached hydrogen (secondary N) is 1. The lowest BCUT2D eigenvalue weighted by molar-refractivity contribution is -0.188. The molecule has 182 valence electrons. The van der Waals surface area contributed by atoms with E-state index in [0.717, 1.165) is 50.4 Å². The number of hydrogen-bond donors (Lipinski definition) is 1. The van der Waals surface area contributed by atoms with Gasteiger partial charge in [0.2, 0.25) is 0 Å². The van der Waals surface area contributed by atoms with Crippen LogP contribution in [0, 0.1) is 4.51 Å². The van der Waals surface area contributed by atoms with E-state index in [1.165, 1.54) is 0 Å². The van der Waals surface area contributed by atoms with Crippen LogP contribution in [0.15, 0.2) is 34.2 Å². The lowest BCUT2D eigenvalue weighted by Gasteiger charge is -2.30. The second-order valence-corrected chi connectivity index (χ2v) is 10.6. The van der Waals surface area contributed by atoms with Crippen LogP contribution in [0.3, 0.4) is 0 Å². The normalized spacial score (nSPS) is 20.0. The molecule has 12 heteroatoms. The molecule has 2 aromatic rings. The summed E-state index contributed by atoms with van der Waals surface area (Å²) in [5.74, 6) is -2.26. The molecule has 0 aliphatic carbocycles. The van der Waals surface area contributed by atoms with Gasteiger partial charge in [-0.2, -0.15) is 13.2 Å². The Kier molecular flexibility index (Phi) is 6.43. The topological polar surface area (TPSA) is 57.2 Å². The van der Waals surface area contributed by atoms with Crippen molar-refractivity contribution in [2.45, 2.75) is 23.9 Å². The number of piperazine rings is 1. The molecule has 1 atom stereocenters. The molecule has 1 unspecified atom stereocenters. The summed E-state index contributed by atoms with van der Waals surface area (Å²) in [4.78, 5) is 21.1. The SMILES string of the molecule is O=C(OS1=c2cc(N3CCNCC3)cc(Cl)c2=Nc2c(Cl)cc(N3CCCC3)cc21)C(F)(F)F. The zero-order valence-electron chi connectivity index (χ0n) is 17.9. The Labute approximate surface area is 206 Å². The predicted octanol–water partition coefficient (Wildman–Crippen LogP) is 4.87. The molecule has 0 spiro atoms. The lowest BCUT2D eigenvalue weighted by atomic mass is 10.2. The van der Waals surface area contributed by atoms with E-state index < -0.39 is 22.9 Å². The van der Waals surface area contributed by atoms with Crippen LogP contribution in [0.2, 0.25) is 10.0 Å². The summed E-state index contributed by atoms with van der Waals surface area (Å²) in [6, 6.07) is 6.94. The highest BCUT2D eigenvalue weighted by molar-refractivity contribution is 8.05. The van der Waals surface area contributed by atoms with E-state index in [1.807, 2.05) is 0 Å². The van der Waals surface area contributed by atoms with Crippen LogP contribution in [-0.4, -0.2) is 51.4 Å². The Morgan fingerprint density at radius 1 is 0.971 bits per heavy atom. The van der Waals surface area contributed by atoms with Gasteiger partial charge in [0.25, 0.3) is 0 Å². The Morgan fingerprint density at radius 3 is 2.26 bits per heavy atom. The standard InChI is InChI=1S/C22H21Cl2F3N4O2S/c23-15-9-13(30-5-1-2-6-30)11-17-19(15)29-20-16(24)10-14(31-7-3-28-4-8-31)12-18(20)34(17)33-21(32)22(25,26)27/h9-12,28H,1-8H2. The average molecular weight is 533 g/mol. The zero-order valence-corrected chi connectivity index (χ0v) is 20.3. The summed E-state index contributed by atoms with van der Waals surface area (Å²) in [7, 11) is -1.72. The predicted molar refractivity (Wildman–Crippen MR) is 127 cm³/mol. The van der Waals surface area contributed by atoms with E-state index >= 15 is 0 Å². The maximum absolute atomic E-state index is 13.2. The van der Waals surface area contributed by atoms with Crippen molar-refractivity contribution in [1.82, 2.24) is 5.32 Å². The number of halogens is 5. The number of alkyl halides is 3. The van der Waals surface area contributed by atoms with Gasteiger partial charge in [-0.25, -0.2) is 9.79 Å². The number of benzene rings is 2. The molecule has 3 heterocycles. The monoisotopic (exact) mass is 532 g/mol. The number of carbonyl (C=O) groups is 1. The van der Waals surface area contributed by atoms with Crippen LogP contribution in [0.5, 0.6) is 0 Å². The number of anilines is 2. The van der Waals surface area contributed by atoms with Crippen molar-refractivity contribution in [3.8, 4) is 0 Å². The summed E-state index contributed by atoms with van der Waals surface area (Å²) >= 11 is 13.1. The van der Waals surface area contributed by atoms with Gasteiger partial charge in [0.1, 0.15) is 0 Å². The molecule has 2 aromatic carbocycles. The second-order valence-electron chi connectivity index (χ2n) is 8.23. The van der Waals surface area contributed by atoms with Crippen LogP contribution in [-0.2, 0) is 8.98 Å². The van der Waals surface area contributed by atoms with Crippen LogP contribution < -0.4 is 20.5 Å². The third-order valence-electron chi connectivity index (χ3n) is 5.99. The quantitative estimate of drug-likeness (QED) is 0.571. The van der Waals surface area contributed by atoms with Crippen LogP contribution in [0.25, 0.3) is 0 Å². The molecular formula is C22H21Cl2F3N4O2S. The first-order valence-corrected chi connectivity index (χ1v) is 12.8. The highest BCUT2D eigenvalue weighted by Gasteiger charge is 2.42. The summed E-state index contributed by atoms with van der Waals surface area (Å²) in [6.07, 6.45) is -3.11. The van der Waals surface area contributed by atoms with Crippen molar-refractivity contribution < 1.29 is 22.1 Å². The zero-order chi connectivity index (χ0) is 24.0. The first-order valence-electron chi connectivity index (χ1n) is 10.9. The largest absolute Gasteiger partial charge is 0.492 e. The van der Waals surface area contributed by atoms with Gasteiger partial charge in [-0.15, -0.1) is 0 Å². The molecule has 5 rings (SSSR count). The van der Waals surface area contributed by atoms with Crippen LogP contribution in [0.1, 0.15) is 12.8 Å². The minimum Gasteiger partial charge on any atom is -0.388 e. The maximum Gasteiger partial charge on any atom is 0.492 e. The minimum absolute atomic E-state index is 0.261. The minimum atomic E-state index is -5.14. The van der Waals surface area contributed by atoms with E-state index in [4.69, 9.17) is 27.4 Å². The molecule has 0 bridgehead atoms. The number of fused-ring (bicyclic) bond motifs is 2. The average Bonchev–Trinajstić information content (AvgIpc) is 3.34. The number of carbonyl (C=O) groups excluding carboxylic acids is 1. The lowest BCUT2D eigenvalue weighted by Crippen LogP contribution is -2.43. The van der Waals surface area contributed by atoms with Gasteiger partial charge in [0.05, 0.1) is 30.5 Å². The molecule has 1 N–H and O–H groups in total. The highest BCUT2D eigenvalue weighted by atomic mass is 35.5. The van der Waals surface area contributed by atoms with Gasteiger partial charge in [-0.05, 0) is 37.1 Å². The fraction of sp³-hybridized carbons (Fsp3) is 0.409. The summed E-state index contributed by atoms with van der Waals surface area (Å²) in [5.41, 5.74) is 1.78. The van der Waals surface area contributed by atoms with E-state index in [-0.39, 0.29) is 21.1 Å². The molecule has 3 aliphatic rings. The van der Waals surface area contributed by atoms with E-state index in [1.54, 1.807) is 24.3 Å². The number of hydrogen-bond acceptors (Lipinski definition) is 6. The van der Waals surface area contributed by atoms with Gasteiger partial charge in [-0.1, -0.05) is 23.2 Å².